The summed E-state index contributed by atoms with van der Waals surface area (Å²) in [4.78, 5) is 4.46. The van der Waals surface area contributed by atoms with Crippen molar-refractivity contribution in [2.45, 2.75) is 96.4 Å². The van der Waals surface area contributed by atoms with Gasteiger partial charge < -0.3 is 5.32 Å². The number of rotatable bonds is 5. The number of aromatic nitrogens is 1. The van der Waals surface area contributed by atoms with Crippen LogP contribution in [-0.4, -0.2) is 10.5 Å². The number of halogens is 1. The quantitative estimate of drug-likeness (QED) is 0.487. The highest BCUT2D eigenvalue weighted by Gasteiger charge is 2.60. The minimum Gasteiger partial charge on any atom is -0.383 e. The maximum atomic E-state index is 14.0. The number of allylic oxidation sites excluding steroid dienone is 1. The van der Waals surface area contributed by atoms with E-state index in [1.165, 1.54) is 81.5 Å². The first-order valence-electron chi connectivity index (χ1n) is 13.7. The van der Waals surface area contributed by atoms with Crippen LogP contribution in [0.5, 0.6) is 0 Å². The summed E-state index contributed by atoms with van der Waals surface area (Å²) in [6.07, 6.45) is 15.0. The van der Waals surface area contributed by atoms with Gasteiger partial charge in [-0.15, -0.1) is 0 Å². The molecule has 2 unspecified atom stereocenters. The molecule has 1 heterocycles. The average Bonchev–Trinajstić information content (AvgIpc) is 2.75. The van der Waals surface area contributed by atoms with Crippen molar-refractivity contribution < 1.29 is 4.39 Å². The zero-order valence-electron chi connectivity index (χ0n) is 21.3. The van der Waals surface area contributed by atoms with Crippen molar-refractivity contribution in [2.24, 2.45) is 28.6 Å². The molecule has 2 aromatic rings. The molecular weight excluding hydrogens is 419 g/mol. The van der Waals surface area contributed by atoms with Crippen LogP contribution in [0.4, 0.5) is 4.39 Å². The highest BCUT2D eigenvalue weighted by Crippen LogP contribution is 2.66. The predicted octanol–water partition coefficient (Wildman–Crippen LogP) is 8.14. The summed E-state index contributed by atoms with van der Waals surface area (Å²) < 4.78 is 14.0. The number of nitrogens with zero attached hydrogens (tertiary/aromatic N) is 1. The lowest BCUT2D eigenvalue weighted by Crippen LogP contribution is -2.64. The van der Waals surface area contributed by atoms with Gasteiger partial charge in [0, 0.05) is 22.8 Å². The van der Waals surface area contributed by atoms with Crippen LogP contribution >= 0.6 is 0 Å². The van der Waals surface area contributed by atoms with Gasteiger partial charge in [0.05, 0.1) is 5.52 Å². The molecule has 5 aliphatic carbocycles. The van der Waals surface area contributed by atoms with Crippen LogP contribution in [0.25, 0.3) is 10.9 Å². The van der Waals surface area contributed by atoms with E-state index in [9.17, 15) is 4.39 Å². The maximum absolute atomic E-state index is 14.0. The number of hydrogen-bond acceptors (Lipinski definition) is 2. The predicted molar refractivity (Wildman–Crippen MR) is 138 cm³/mol. The molecule has 4 bridgehead atoms. The van der Waals surface area contributed by atoms with E-state index in [1.54, 1.807) is 6.07 Å². The molecule has 0 amide bonds. The lowest BCUT2D eigenvalue weighted by molar-refractivity contribution is -0.115. The monoisotopic (exact) mass is 460 g/mol. The van der Waals surface area contributed by atoms with Crippen molar-refractivity contribution in [3.8, 4) is 0 Å². The standard InChI is InChI=1S/C31H41FN2/c1-20(21(2)34-31-16-22-14-29(3,18-31)17-30(4,15-22)19-31)23-5-7-24(8-6-23)26-11-12-33-28-10-9-25(32)13-27(26)28/h9-13,20,22-24,34H,2,5-8,14-19H2,1,3-4H3/t20-,22?,23-,24+,29?,30?,31?/m0/s1. The van der Waals surface area contributed by atoms with Crippen molar-refractivity contribution in [1.29, 1.82) is 0 Å². The van der Waals surface area contributed by atoms with Crippen LogP contribution in [0.15, 0.2) is 42.7 Å². The molecule has 3 atom stereocenters. The number of pyridine rings is 1. The molecule has 0 saturated heterocycles. The first kappa shape index (κ1) is 22.6. The molecule has 5 aliphatic rings. The molecule has 7 rings (SSSR count). The summed E-state index contributed by atoms with van der Waals surface area (Å²) in [6, 6.07) is 7.11. The van der Waals surface area contributed by atoms with E-state index < -0.39 is 0 Å². The van der Waals surface area contributed by atoms with Crippen molar-refractivity contribution in [3.63, 3.8) is 0 Å². The minimum atomic E-state index is -0.168. The normalized spacial score (nSPS) is 39.8. The molecule has 1 N–H and O–H groups in total. The molecule has 0 radical (unpaired) electrons. The van der Waals surface area contributed by atoms with Crippen molar-refractivity contribution in [1.82, 2.24) is 10.3 Å². The molecule has 2 nitrogen and oxygen atoms in total. The van der Waals surface area contributed by atoms with Crippen LogP contribution in [0.2, 0.25) is 0 Å². The van der Waals surface area contributed by atoms with E-state index in [0.29, 0.717) is 28.6 Å². The van der Waals surface area contributed by atoms with E-state index in [0.717, 1.165) is 16.8 Å². The molecule has 5 saturated carbocycles. The second kappa shape index (κ2) is 7.80. The lowest BCUT2D eigenvalue weighted by Gasteiger charge is -2.66. The average molecular weight is 461 g/mol. The third-order valence-electron chi connectivity index (χ3n) is 10.3. The van der Waals surface area contributed by atoms with E-state index in [1.807, 2.05) is 12.3 Å². The zero-order valence-corrected chi connectivity index (χ0v) is 21.3. The highest BCUT2D eigenvalue weighted by molar-refractivity contribution is 5.82. The first-order chi connectivity index (χ1) is 16.1. The van der Waals surface area contributed by atoms with Gasteiger partial charge in [-0.1, -0.05) is 27.4 Å². The molecule has 34 heavy (non-hydrogen) atoms. The summed E-state index contributed by atoms with van der Waals surface area (Å²) in [7, 11) is 0. The molecule has 5 fully saturated rings. The molecule has 1 aromatic heterocycles. The number of nitrogens with one attached hydrogen (secondary N) is 1. The summed E-state index contributed by atoms with van der Waals surface area (Å²) >= 11 is 0. The Labute approximate surface area is 204 Å². The molecule has 3 heteroatoms. The van der Waals surface area contributed by atoms with Crippen LogP contribution < -0.4 is 5.32 Å². The Bertz CT molecular complexity index is 1100. The lowest BCUT2D eigenvalue weighted by atomic mass is 9.42. The largest absolute Gasteiger partial charge is 0.383 e. The topological polar surface area (TPSA) is 24.9 Å². The molecule has 1 aromatic carbocycles. The van der Waals surface area contributed by atoms with Crippen molar-refractivity contribution in [3.05, 3.63) is 54.1 Å². The van der Waals surface area contributed by atoms with Gasteiger partial charge in [-0.3, -0.25) is 4.98 Å². The third kappa shape index (κ3) is 3.88. The zero-order chi connectivity index (χ0) is 23.7. The molecule has 182 valence electrons. The smallest absolute Gasteiger partial charge is 0.123 e. The Kier molecular flexibility index (Phi) is 5.18. The highest BCUT2D eigenvalue weighted by atomic mass is 19.1. The van der Waals surface area contributed by atoms with Crippen LogP contribution in [0, 0.1) is 34.4 Å². The number of benzene rings is 1. The second-order valence-electron chi connectivity index (χ2n) is 13.5. The Morgan fingerprint density at radius 1 is 1.03 bits per heavy atom. The molecular formula is C31H41FN2. The summed E-state index contributed by atoms with van der Waals surface area (Å²) in [5, 5.41) is 5.10. The van der Waals surface area contributed by atoms with Gasteiger partial charge in [-0.25, -0.2) is 4.39 Å². The summed E-state index contributed by atoms with van der Waals surface area (Å²) in [5.74, 6) is 2.42. The minimum absolute atomic E-state index is 0.168. The van der Waals surface area contributed by atoms with Gasteiger partial charge in [0.2, 0.25) is 0 Å². The van der Waals surface area contributed by atoms with Gasteiger partial charge in [0.15, 0.2) is 0 Å². The van der Waals surface area contributed by atoms with Crippen LogP contribution in [0.1, 0.15) is 96.5 Å². The van der Waals surface area contributed by atoms with Gasteiger partial charge in [0.25, 0.3) is 0 Å². The van der Waals surface area contributed by atoms with Gasteiger partial charge in [-0.05, 0) is 129 Å². The Morgan fingerprint density at radius 3 is 2.41 bits per heavy atom. The fraction of sp³-hybridized carbons (Fsp3) is 0.645. The van der Waals surface area contributed by atoms with E-state index in [2.05, 4.69) is 43.7 Å². The van der Waals surface area contributed by atoms with E-state index in [-0.39, 0.29) is 11.4 Å². The Morgan fingerprint density at radius 2 is 1.74 bits per heavy atom. The van der Waals surface area contributed by atoms with Gasteiger partial charge >= 0.3 is 0 Å². The fourth-order valence-electron chi connectivity index (χ4n) is 9.75. The molecule has 0 spiro atoms. The van der Waals surface area contributed by atoms with Crippen molar-refractivity contribution in [2.75, 3.05) is 0 Å². The summed E-state index contributed by atoms with van der Waals surface area (Å²) in [6.45, 7) is 12.1. The van der Waals surface area contributed by atoms with Gasteiger partial charge in [-0.2, -0.15) is 0 Å². The number of hydrogen-bond donors (Lipinski definition) is 1. The van der Waals surface area contributed by atoms with Crippen molar-refractivity contribution >= 4 is 10.9 Å². The number of fused-ring (bicyclic) bond motifs is 1. The fourth-order valence-corrected chi connectivity index (χ4v) is 9.75. The second-order valence-corrected chi connectivity index (χ2v) is 13.5. The Hall–Kier alpha value is -1.90. The van der Waals surface area contributed by atoms with E-state index >= 15 is 0 Å². The van der Waals surface area contributed by atoms with Gasteiger partial charge in [0.1, 0.15) is 5.82 Å². The Balaban J connectivity index is 1.12. The summed E-state index contributed by atoms with van der Waals surface area (Å²) in [5.41, 5.74) is 4.80. The first-order valence-corrected chi connectivity index (χ1v) is 13.7. The molecule has 0 aliphatic heterocycles. The maximum Gasteiger partial charge on any atom is 0.123 e. The SMILES string of the molecule is C=C(NC12CC3CC(C)(CC(C)(C3)C1)C2)[C@H](C)[C@H]1CC[C@@H](c2ccnc3ccc(F)cc32)CC1. The van der Waals surface area contributed by atoms with E-state index in [4.69, 9.17) is 0 Å². The third-order valence-corrected chi connectivity index (χ3v) is 10.3. The van der Waals surface area contributed by atoms with Crippen LogP contribution in [-0.2, 0) is 0 Å². The van der Waals surface area contributed by atoms with Crippen LogP contribution in [0.3, 0.4) is 0 Å².